The van der Waals surface area contributed by atoms with Crippen molar-refractivity contribution >= 4 is 17.3 Å². The van der Waals surface area contributed by atoms with Crippen molar-refractivity contribution in [2.24, 2.45) is 0 Å². The van der Waals surface area contributed by atoms with Crippen LogP contribution in [0.5, 0.6) is 5.75 Å². The van der Waals surface area contributed by atoms with E-state index < -0.39 is 11.8 Å². The molecule has 1 aromatic carbocycles. The fourth-order valence-electron chi connectivity index (χ4n) is 1.45. The van der Waals surface area contributed by atoms with Gasteiger partial charge < -0.3 is 9.84 Å². The Bertz CT molecular complexity index is 660. The number of aromatic carboxylic acids is 1. The first-order valence-corrected chi connectivity index (χ1v) is 6.07. The molecule has 0 aliphatic rings. The van der Waals surface area contributed by atoms with Gasteiger partial charge in [-0.1, -0.05) is 6.07 Å². The van der Waals surface area contributed by atoms with Gasteiger partial charge in [-0.25, -0.2) is 9.18 Å². The summed E-state index contributed by atoms with van der Waals surface area (Å²) < 4.78 is 18.7. The molecule has 2 rings (SSSR count). The highest BCUT2D eigenvalue weighted by Gasteiger charge is 2.11. The highest BCUT2D eigenvalue weighted by molar-refractivity contribution is 7.13. The third-order valence-corrected chi connectivity index (χ3v) is 3.38. The Morgan fingerprint density at radius 2 is 2.21 bits per heavy atom. The van der Waals surface area contributed by atoms with Crippen LogP contribution in [0.2, 0.25) is 0 Å². The molecule has 1 N–H and O–H groups in total. The lowest BCUT2D eigenvalue weighted by atomic mass is 10.2. The van der Waals surface area contributed by atoms with Gasteiger partial charge in [-0.3, -0.25) is 0 Å². The van der Waals surface area contributed by atoms with Gasteiger partial charge in [0.1, 0.15) is 34.7 Å². The molecule has 0 aliphatic carbocycles. The van der Waals surface area contributed by atoms with Crippen molar-refractivity contribution < 1.29 is 19.0 Å². The molecule has 0 saturated carbocycles. The first-order valence-electron chi connectivity index (χ1n) is 5.25. The number of carboxylic acid groups (broad SMARTS) is 1. The lowest BCUT2D eigenvalue weighted by Crippen LogP contribution is -1.97. The van der Waals surface area contributed by atoms with Crippen LogP contribution < -0.4 is 4.74 Å². The molecule has 0 aliphatic heterocycles. The summed E-state index contributed by atoms with van der Waals surface area (Å²) in [5.41, 5.74) is -0.155. The largest absolute Gasteiger partial charge is 0.487 e. The number of nitriles is 1. The molecule has 1 heterocycles. The molecule has 0 saturated heterocycles. The number of carboxylic acids is 1. The van der Waals surface area contributed by atoms with Gasteiger partial charge in [0.15, 0.2) is 0 Å². The molecule has 96 valence electrons. The Hall–Kier alpha value is -2.39. The van der Waals surface area contributed by atoms with Crippen LogP contribution in [0.3, 0.4) is 0 Å². The van der Waals surface area contributed by atoms with Gasteiger partial charge in [0, 0.05) is 4.88 Å². The van der Waals surface area contributed by atoms with Crippen LogP contribution in [0.4, 0.5) is 4.39 Å². The molecule has 0 spiro atoms. The first-order chi connectivity index (χ1) is 9.11. The van der Waals surface area contributed by atoms with Crippen LogP contribution in [0.15, 0.2) is 30.3 Å². The summed E-state index contributed by atoms with van der Waals surface area (Å²) in [5, 5.41) is 17.6. The zero-order valence-electron chi connectivity index (χ0n) is 9.59. The van der Waals surface area contributed by atoms with E-state index >= 15 is 0 Å². The zero-order chi connectivity index (χ0) is 13.8. The van der Waals surface area contributed by atoms with E-state index in [0.29, 0.717) is 4.88 Å². The predicted octanol–water partition coefficient (Wildman–Crippen LogP) is 3.04. The monoisotopic (exact) mass is 277 g/mol. The fraction of sp³-hybridized carbons (Fsp3) is 0.0769. The predicted molar refractivity (Wildman–Crippen MR) is 66.7 cm³/mol. The van der Waals surface area contributed by atoms with Crippen LogP contribution in [0.25, 0.3) is 0 Å². The van der Waals surface area contributed by atoms with Crippen molar-refractivity contribution in [3.63, 3.8) is 0 Å². The topological polar surface area (TPSA) is 70.3 Å². The number of hydrogen-bond acceptors (Lipinski definition) is 4. The summed E-state index contributed by atoms with van der Waals surface area (Å²) in [7, 11) is 0. The summed E-state index contributed by atoms with van der Waals surface area (Å²) in [4.78, 5) is 11.6. The molecule has 0 unspecified atom stereocenters. The molecular formula is C13H8FNO3S. The van der Waals surface area contributed by atoms with E-state index in [1.54, 1.807) is 12.1 Å². The second-order valence-electron chi connectivity index (χ2n) is 3.58. The smallest absolute Gasteiger partial charge is 0.345 e. The second kappa shape index (κ2) is 5.50. The van der Waals surface area contributed by atoms with Crippen molar-refractivity contribution in [1.29, 1.82) is 5.26 Å². The highest BCUT2D eigenvalue weighted by atomic mass is 32.1. The maximum Gasteiger partial charge on any atom is 0.345 e. The van der Waals surface area contributed by atoms with Crippen LogP contribution in [-0.4, -0.2) is 11.1 Å². The molecule has 0 radical (unpaired) electrons. The Morgan fingerprint density at radius 3 is 2.84 bits per heavy atom. The van der Waals surface area contributed by atoms with E-state index in [1.807, 2.05) is 0 Å². The second-order valence-corrected chi connectivity index (χ2v) is 4.75. The molecule has 2 aromatic rings. The molecule has 4 nitrogen and oxygen atoms in total. The number of benzene rings is 1. The number of ether oxygens (including phenoxy) is 1. The van der Waals surface area contributed by atoms with Crippen molar-refractivity contribution in [2.75, 3.05) is 0 Å². The van der Waals surface area contributed by atoms with Crippen LogP contribution >= 0.6 is 11.3 Å². The Balaban J connectivity index is 2.12. The minimum atomic E-state index is -1.00. The summed E-state index contributed by atoms with van der Waals surface area (Å²) in [5.74, 6) is -1.50. The fourth-order valence-corrected chi connectivity index (χ4v) is 2.21. The van der Waals surface area contributed by atoms with Crippen molar-refractivity contribution in [3.8, 4) is 11.8 Å². The van der Waals surface area contributed by atoms with Crippen LogP contribution in [0.1, 0.15) is 20.1 Å². The maximum absolute atomic E-state index is 13.3. The number of thiophene rings is 1. The van der Waals surface area contributed by atoms with Gasteiger partial charge in [-0.05, 0) is 24.3 Å². The van der Waals surface area contributed by atoms with E-state index in [1.165, 1.54) is 24.3 Å². The van der Waals surface area contributed by atoms with Gasteiger partial charge in [0.25, 0.3) is 0 Å². The van der Waals surface area contributed by atoms with Crippen LogP contribution in [0, 0.1) is 17.1 Å². The third kappa shape index (κ3) is 2.89. The number of carbonyl (C=O) groups is 1. The zero-order valence-corrected chi connectivity index (χ0v) is 10.4. The minimum absolute atomic E-state index is 0.0933. The lowest BCUT2D eigenvalue weighted by molar-refractivity contribution is 0.0702. The van der Waals surface area contributed by atoms with Gasteiger partial charge in [-0.2, -0.15) is 5.26 Å². The van der Waals surface area contributed by atoms with Gasteiger partial charge >= 0.3 is 5.97 Å². The standard InChI is InChI=1S/C13H8FNO3S/c14-10-2-1-3-11(9(10)6-15)18-7-8-4-5-12(19-8)13(16)17/h1-5H,7H2,(H,16,17). The normalized spacial score (nSPS) is 9.89. The molecular weight excluding hydrogens is 269 g/mol. The number of nitrogens with zero attached hydrogens (tertiary/aromatic N) is 1. The Kier molecular flexibility index (Phi) is 3.78. The molecule has 0 atom stereocenters. The summed E-state index contributed by atoms with van der Waals surface area (Å²) in [6.45, 7) is 0.0933. The third-order valence-electron chi connectivity index (χ3n) is 2.33. The maximum atomic E-state index is 13.3. The highest BCUT2D eigenvalue weighted by Crippen LogP contribution is 2.23. The van der Waals surface area contributed by atoms with E-state index in [0.717, 1.165) is 11.3 Å². The average molecular weight is 277 g/mol. The van der Waals surface area contributed by atoms with E-state index in [9.17, 15) is 9.18 Å². The average Bonchev–Trinajstić information content (AvgIpc) is 2.85. The van der Waals surface area contributed by atoms with Gasteiger partial charge in [0.05, 0.1) is 0 Å². The van der Waals surface area contributed by atoms with E-state index in [-0.39, 0.29) is 22.8 Å². The van der Waals surface area contributed by atoms with Crippen LogP contribution in [-0.2, 0) is 6.61 Å². The van der Waals surface area contributed by atoms with Crippen molar-refractivity contribution in [1.82, 2.24) is 0 Å². The Labute approximate surface area is 112 Å². The number of halogens is 1. The minimum Gasteiger partial charge on any atom is -0.487 e. The molecule has 0 bridgehead atoms. The van der Waals surface area contributed by atoms with Gasteiger partial charge in [0.2, 0.25) is 0 Å². The number of hydrogen-bond donors (Lipinski definition) is 1. The van der Waals surface area contributed by atoms with Crippen molar-refractivity contribution in [3.05, 3.63) is 51.5 Å². The molecule has 6 heteroatoms. The molecule has 0 fully saturated rings. The SMILES string of the molecule is N#Cc1c(F)cccc1OCc1ccc(C(=O)O)s1. The summed E-state index contributed by atoms with van der Waals surface area (Å²) >= 11 is 1.08. The Morgan fingerprint density at radius 1 is 1.42 bits per heavy atom. The lowest BCUT2D eigenvalue weighted by Gasteiger charge is -2.06. The first kappa shape index (κ1) is 13.1. The molecule has 1 aromatic heterocycles. The summed E-state index contributed by atoms with van der Waals surface area (Å²) in [6, 6.07) is 8.95. The van der Waals surface area contributed by atoms with Crippen molar-refractivity contribution in [2.45, 2.75) is 6.61 Å². The number of rotatable bonds is 4. The molecule has 19 heavy (non-hydrogen) atoms. The quantitative estimate of drug-likeness (QED) is 0.932. The summed E-state index contributed by atoms with van der Waals surface area (Å²) in [6.07, 6.45) is 0. The van der Waals surface area contributed by atoms with E-state index in [4.69, 9.17) is 15.1 Å². The van der Waals surface area contributed by atoms with Gasteiger partial charge in [-0.15, -0.1) is 11.3 Å². The molecule has 0 amide bonds. The van der Waals surface area contributed by atoms with E-state index in [2.05, 4.69) is 0 Å².